The molecule has 0 bridgehead atoms. The lowest BCUT2D eigenvalue weighted by Gasteiger charge is -2.33. The van der Waals surface area contributed by atoms with Gasteiger partial charge in [-0.05, 0) is 38.0 Å². The number of nitrogens with zero attached hydrogens (tertiary/aromatic N) is 2. The molecule has 1 heterocycles. The molecule has 0 aromatic heterocycles. The first kappa shape index (κ1) is 23.8. The highest BCUT2D eigenvalue weighted by atomic mass is 19.4. The van der Waals surface area contributed by atoms with Crippen LogP contribution in [0.5, 0.6) is 5.75 Å². The summed E-state index contributed by atoms with van der Waals surface area (Å²) in [5.41, 5.74) is -0.808. The van der Waals surface area contributed by atoms with Crippen molar-refractivity contribution in [2.24, 2.45) is 10.9 Å². The topological polar surface area (TPSA) is 83.4 Å². The number of aliphatic imine (C=N–C) groups is 1. The van der Waals surface area contributed by atoms with Crippen molar-refractivity contribution in [2.45, 2.75) is 32.0 Å². The van der Waals surface area contributed by atoms with Gasteiger partial charge in [0.15, 0.2) is 5.96 Å². The van der Waals surface area contributed by atoms with Crippen LogP contribution in [0, 0.1) is 5.92 Å². The van der Waals surface area contributed by atoms with Gasteiger partial charge in [-0.3, -0.25) is 9.79 Å². The molecule has 30 heavy (non-hydrogen) atoms. The maximum atomic E-state index is 12.8. The highest BCUT2D eigenvalue weighted by Crippen LogP contribution is 2.31. The highest BCUT2D eigenvalue weighted by molar-refractivity contribution is 5.80. The van der Waals surface area contributed by atoms with E-state index in [0.717, 1.165) is 12.1 Å². The fourth-order valence-corrected chi connectivity index (χ4v) is 3.12. The van der Waals surface area contributed by atoms with Crippen molar-refractivity contribution in [2.75, 3.05) is 39.9 Å². The third-order valence-electron chi connectivity index (χ3n) is 4.72. The Bertz CT molecular complexity index is 719. The van der Waals surface area contributed by atoms with Crippen LogP contribution in [0.1, 0.15) is 25.3 Å². The van der Waals surface area contributed by atoms with Crippen molar-refractivity contribution in [1.29, 1.82) is 0 Å². The predicted molar refractivity (Wildman–Crippen MR) is 105 cm³/mol. The summed E-state index contributed by atoms with van der Waals surface area (Å²) in [5.74, 6) is 0.308. The molecule has 1 aromatic carbocycles. The number of carbonyl (C=O) groups excluding carboxylic acids is 1. The second-order valence-corrected chi connectivity index (χ2v) is 6.97. The van der Waals surface area contributed by atoms with Gasteiger partial charge in [0.2, 0.25) is 0 Å². The fourth-order valence-electron chi connectivity index (χ4n) is 3.12. The third-order valence-corrected chi connectivity index (χ3v) is 4.72. The molecule has 1 aromatic rings. The summed E-state index contributed by atoms with van der Waals surface area (Å²) in [6.45, 7) is 3.65. The SMILES string of the molecule is CCNC(=NCC(O)COc1cccc(C(F)(F)F)c1)N1CCC(C(=O)OC)CC1. The minimum absolute atomic E-state index is 0.0260. The lowest BCUT2D eigenvalue weighted by molar-refractivity contribution is -0.146. The standard InChI is InChI=1S/C20H28F3N3O4/c1-3-24-19(26-9-7-14(8-10-26)18(28)29-2)25-12-16(27)13-30-17-6-4-5-15(11-17)20(21,22)23/h4-6,11,14,16,27H,3,7-10,12-13H2,1-2H3,(H,24,25). The molecule has 0 radical (unpaired) electrons. The third kappa shape index (κ3) is 7.08. The zero-order valence-electron chi connectivity index (χ0n) is 17.1. The normalized spacial score (nSPS) is 16.9. The largest absolute Gasteiger partial charge is 0.491 e. The van der Waals surface area contributed by atoms with Crippen LogP contribution in [-0.2, 0) is 15.7 Å². The number of nitrogens with one attached hydrogen (secondary N) is 1. The molecule has 0 aliphatic carbocycles. The molecule has 1 saturated heterocycles. The van der Waals surface area contributed by atoms with E-state index in [4.69, 9.17) is 9.47 Å². The van der Waals surface area contributed by atoms with Crippen LogP contribution in [0.15, 0.2) is 29.3 Å². The highest BCUT2D eigenvalue weighted by Gasteiger charge is 2.30. The summed E-state index contributed by atoms with van der Waals surface area (Å²) in [4.78, 5) is 18.1. The number of hydrogen-bond donors (Lipinski definition) is 2. The Morgan fingerprint density at radius 3 is 2.67 bits per heavy atom. The van der Waals surface area contributed by atoms with Gasteiger partial charge < -0.3 is 24.8 Å². The summed E-state index contributed by atoms with van der Waals surface area (Å²) in [6.07, 6.45) is -4.14. The van der Waals surface area contributed by atoms with E-state index in [1.807, 2.05) is 11.8 Å². The molecule has 1 fully saturated rings. The van der Waals surface area contributed by atoms with Crippen molar-refractivity contribution < 1.29 is 32.5 Å². The molecule has 10 heteroatoms. The van der Waals surface area contributed by atoms with Gasteiger partial charge in [-0.2, -0.15) is 13.2 Å². The molecule has 2 N–H and O–H groups in total. The number of benzene rings is 1. The van der Waals surface area contributed by atoms with E-state index in [2.05, 4.69) is 10.3 Å². The second kappa shape index (κ2) is 11.1. The first-order chi connectivity index (χ1) is 14.2. The van der Waals surface area contributed by atoms with E-state index in [9.17, 15) is 23.1 Å². The van der Waals surface area contributed by atoms with Crippen molar-refractivity contribution in [3.8, 4) is 5.75 Å². The molecule has 2 rings (SSSR count). The van der Waals surface area contributed by atoms with Crippen LogP contribution in [0.25, 0.3) is 0 Å². The van der Waals surface area contributed by atoms with Crippen LogP contribution in [0.3, 0.4) is 0 Å². The van der Waals surface area contributed by atoms with Crippen molar-refractivity contribution in [1.82, 2.24) is 10.2 Å². The zero-order valence-corrected chi connectivity index (χ0v) is 17.1. The van der Waals surface area contributed by atoms with E-state index < -0.39 is 17.8 Å². The number of ether oxygens (including phenoxy) is 2. The smallest absolute Gasteiger partial charge is 0.416 e. The number of rotatable bonds is 7. The molecule has 1 aliphatic rings. The lowest BCUT2D eigenvalue weighted by atomic mass is 9.97. The van der Waals surface area contributed by atoms with Crippen LogP contribution < -0.4 is 10.1 Å². The maximum Gasteiger partial charge on any atom is 0.416 e. The average molecular weight is 431 g/mol. The van der Waals surface area contributed by atoms with Crippen LogP contribution in [0.2, 0.25) is 0 Å². The first-order valence-corrected chi connectivity index (χ1v) is 9.83. The van der Waals surface area contributed by atoms with Crippen molar-refractivity contribution in [3.05, 3.63) is 29.8 Å². The molecule has 1 atom stereocenters. The summed E-state index contributed by atoms with van der Waals surface area (Å²) < 4.78 is 48.3. The number of likely N-dealkylation sites (tertiary alicyclic amines) is 1. The van der Waals surface area contributed by atoms with E-state index in [0.29, 0.717) is 38.4 Å². The molecule has 7 nitrogen and oxygen atoms in total. The Kier molecular flexibility index (Phi) is 8.76. The molecule has 1 unspecified atom stereocenters. The lowest BCUT2D eigenvalue weighted by Crippen LogP contribution is -2.47. The molecular formula is C20H28F3N3O4. The van der Waals surface area contributed by atoms with Crippen molar-refractivity contribution in [3.63, 3.8) is 0 Å². The molecule has 1 aliphatic heterocycles. The first-order valence-electron chi connectivity index (χ1n) is 9.83. The number of hydrogen-bond acceptors (Lipinski definition) is 5. The van der Waals surface area contributed by atoms with Gasteiger partial charge in [0, 0.05) is 19.6 Å². The van der Waals surface area contributed by atoms with E-state index in [1.54, 1.807) is 0 Å². The molecular weight excluding hydrogens is 403 g/mol. The van der Waals surface area contributed by atoms with Gasteiger partial charge >= 0.3 is 12.1 Å². The summed E-state index contributed by atoms with van der Waals surface area (Å²) in [6, 6.07) is 4.51. The van der Waals surface area contributed by atoms with E-state index in [-0.39, 0.29) is 30.8 Å². The van der Waals surface area contributed by atoms with Gasteiger partial charge in [0.1, 0.15) is 18.5 Å². The monoisotopic (exact) mass is 431 g/mol. The van der Waals surface area contributed by atoms with Crippen LogP contribution >= 0.6 is 0 Å². The summed E-state index contributed by atoms with van der Waals surface area (Å²) >= 11 is 0. The Morgan fingerprint density at radius 1 is 1.37 bits per heavy atom. The van der Waals surface area contributed by atoms with E-state index >= 15 is 0 Å². The number of carbonyl (C=O) groups is 1. The minimum atomic E-state index is -4.45. The second-order valence-electron chi connectivity index (χ2n) is 6.97. The Balaban J connectivity index is 1.88. The van der Waals surface area contributed by atoms with Crippen LogP contribution in [-0.4, -0.2) is 67.9 Å². The number of methoxy groups -OCH3 is 1. The molecule has 0 spiro atoms. The number of piperidine rings is 1. The predicted octanol–water partition coefficient (Wildman–Crippen LogP) is 2.30. The molecule has 0 amide bonds. The number of esters is 1. The zero-order chi connectivity index (χ0) is 22.1. The number of guanidine groups is 1. The maximum absolute atomic E-state index is 12.8. The number of aliphatic hydroxyl groups excluding tert-OH is 1. The summed E-state index contributed by atoms with van der Waals surface area (Å²) in [7, 11) is 1.38. The van der Waals surface area contributed by atoms with Gasteiger partial charge in [0.25, 0.3) is 0 Å². The van der Waals surface area contributed by atoms with Crippen molar-refractivity contribution >= 4 is 11.9 Å². The van der Waals surface area contributed by atoms with Gasteiger partial charge in [-0.25, -0.2) is 0 Å². The quantitative estimate of drug-likeness (QED) is 0.392. The fraction of sp³-hybridized carbons (Fsp3) is 0.600. The average Bonchev–Trinajstić information content (AvgIpc) is 2.74. The Morgan fingerprint density at radius 2 is 2.07 bits per heavy atom. The van der Waals surface area contributed by atoms with E-state index in [1.165, 1.54) is 19.2 Å². The Hall–Kier alpha value is -2.49. The van der Waals surface area contributed by atoms with Gasteiger partial charge in [0.05, 0.1) is 25.1 Å². The van der Waals surface area contributed by atoms with Crippen LogP contribution in [0.4, 0.5) is 13.2 Å². The van der Waals surface area contributed by atoms with Gasteiger partial charge in [-0.1, -0.05) is 6.07 Å². The Labute approximate surface area is 173 Å². The van der Waals surface area contributed by atoms with Gasteiger partial charge in [-0.15, -0.1) is 0 Å². The summed E-state index contributed by atoms with van der Waals surface area (Å²) in [5, 5.41) is 13.3. The molecule has 168 valence electrons. The number of alkyl halides is 3. The number of aliphatic hydroxyl groups is 1. The molecule has 0 saturated carbocycles. The number of halogens is 3. The minimum Gasteiger partial charge on any atom is -0.491 e.